The van der Waals surface area contributed by atoms with E-state index in [0.29, 0.717) is 11.7 Å². The van der Waals surface area contributed by atoms with Gasteiger partial charge in [-0.1, -0.05) is 23.5 Å². The van der Waals surface area contributed by atoms with E-state index in [4.69, 9.17) is 4.74 Å². The number of fused-ring (bicyclic) bond motifs is 3. The van der Waals surface area contributed by atoms with Gasteiger partial charge in [0.1, 0.15) is 5.75 Å². The number of ether oxygens (including phenoxy) is 1. The Morgan fingerprint density at radius 2 is 2.08 bits per heavy atom. The largest absolute Gasteiger partial charge is 0.494 e. The highest BCUT2D eigenvalue weighted by molar-refractivity contribution is 7.22. The SMILES string of the molecule is CCOc1ccc2sc(NC(=O)[C@H]3[C@@H](C(=O)O)[C@H]4C=C[C@H]3C4)nc2c1. The Morgan fingerprint density at radius 3 is 2.80 bits per heavy atom. The molecule has 0 unspecified atom stereocenters. The topological polar surface area (TPSA) is 88.5 Å². The minimum Gasteiger partial charge on any atom is -0.494 e. The summed E-state index contributed by atoms with van der Waals surface area (Å²) in [4.78, 5) is 28.7. The van der Waals surface area contributed by atoms with E-state index in [-0.39, 0.29) is 17.7 Å². The van der Waals surface area contributed by atoms with Crippen molar-refractivity contribution in [2.24, 2.45) is 23.7 Å². The predicted octanol–water partition coefficient (Wildman–Crippen LogP) is 3.16. The number of rotatable bonds is 5. The van der Waals surface area contributed by atoms with Crippen LogP contribution in [0.1, 0.15) is 13.3 Å². The lowest BCUT2D eigenvalue weighted by atomic mass is 9.82. The number of hydrogen-bond donors (Lipinski definition) is 2. The number of aromatic nitrogens is 1. The molecule has 0 aliphatic heterocycles. The maximum absolute atomic E-state index is 12.7. The molecule has 0 spiro atoms. The molecular weight excluding hydrogens is 340 g/mol. The van der Waals surface area contributed by atoms with Gasteiger partial charge in [-0.3, -0.25) is 9.59 Å². The van der Waals surface area contributed by atoms with Crippen molar-refractivity contribution in [2.75, 3.05) is 11.9 Å². The molecule has 2 aliphatic carbocycles. The van der Waals surface area contributed by atoms with Gasteiger partial charge >= 0.3 is 5.97 Å². The molecule has 130 valence electrons. The van der Waals surface area contributed by atoms with E-state index in [1.54, 1.807) is 0 Å². The molecule has 2 N–H and O–H groups in total. The fourth-order valence-corrected chi connectivity index (χ4v) is 4.77. The molecule has 6 nitrogen and oxygen atoms in total. The first-order chi connectivity index (χ1) is 12.1. The number of carboxylic acid groups (broad SMARTS) is 1. The van der Waals surface area contributed by atoms with Crippen LogP contribution in [0.3, 0.4) is 0 Å². The molecular formula is C18H18N2O4S. The number of thiazole rings is 1. The average molecular weight is 358 g/mol. The van der Waals surface area contributed by atoms with Gasteiger partial charge in [0.25, 0.3) is 0 Å². The van der Waals surface area contributed by atoms with Crippen molar-refractivity contribution < 1.29 is 19.4 Å². The summed E-state index contributed by atoms with van der Waals surface area (Å²) in [5, 5.41) is 12.8. The number of carboxylic acids is 1. The zero-order valence-electron chi connectivity index (χ0n) is 13.6. The summed E-state index contributed by atoms with van der Waals surface area (Å²) in [7, 11) is 0. The first-order valence-electron chi connectivity index (χ1n) is 8.32. The minimum absolute atomic E-state index is 0.00466. The molecule has 25 heavy (non-hydrogen) atoms. The number of nitrogens with one attached hydrogen (secondary N) is 1. The molecule has 1 amide bonds. The van der Waals surface area contributed by atoms with Crippen molar-refractivity contribution in [2.45, 2.75) is 13.3 Å². The normalized spacial score (nSPS) is 26.9. The first kappa shape index (κ1) is 16.1. The second kappa shape index (κ2) is 6.15. The van der Waals surface area contributed by atoms with Crippen molar-refractivity contribution in [3.63, 3.8) is 0 Å². The van der Waals surface area contributed by atoms with Crippen LogP contribution in [0.25, 0.3) is 10.2 Å². The Balaban J connectivity index is 1.55. The summed E-state index contributed by atoms with van der Waals surface area (Å²) in [6.07, 6.45) is 4.65. The Hall–Kier alpha value is -2.41. The van der Waals surface area contributed by atoms with Gasteiger partial charge in [-0.15, -0.1) is 0 Å². The highest BCUT2D eigenvalue weighted by Crippen LogP contribution is 2.48. The molecule has 2 bridgehead atoms. The molecule has 2 aliphatic rings. The average Bonchev–Trinajstić information content (AvgIpc) is 3.27. The highest BCUT2D eigenvalue weighted by Gasteiger charge is 2.51. The number of anilines is 1. The zero-order valence-corrected chi connectivity index (χ0v) is 14.5. The molecule has 0 saturated heterocycles. The Labute approximate surface area is 148 Å². The lowest BCUT2D eigenvalue weighted by Crippen LogP contribution is -2.36. The van der Waals surface area contributed by atoms with Gasteiger partial charge < -0.3 is 15.2 Å². The van der Waals surface area contributed by atoms with Crippen molar-refractivity contribution in [1.82, 2.24) is 4.98 Å². The van der Waals surface area contributed by atoms with Gasteiger partial charge in [0, 0.05) is 6.07 Å². The van der Waals surface area contributed by atoms with Crippen LogP contribution in [0.15, 0.2) is 30.4 Å². The van der Waals surface area contributed by atoms with Crippen LogP contribution in [-0.4, -0.2) is 28.6 Å². The van der Waals surface area contributed by atoms with Crippen molar-refractivity contribution in [3.05, 3.63) is 30.4 Å². The van der Waals surface area contributed by atoms with E-state index in [1.807, 2.05) is 37.3 Å². The lowest BCUT2D eigenvalue weighted by Gasteiger charge is -2.23. The molecule has 1 aromatic heterocycles. The molecule has 7 heteroatoms. The lowest BCUT2D eigenvalue weighted by molar-refractivity contribution is -0.146. The molecule has 2 aromatic rings. The second-order valence-corrected chi connectivity index (χ2v) is 7.44. The number of hydrogen-bond acceptors (Lipinski definition) is 5. The summed E-state index contributed by atoms with van der Waals surface area (Å²) in [6.45, 7) is 2.49. The smallest absolute Gasteiger partial charge is 0.307 e. The van der Waals surface area contributed by atoms with Crippen LogP contribution < -0.4 is 10.1 Å². The van der Waals surface area contributed by atoms with Crippen molar-refractivity contribution in [3.8, 4) is 5.75 Å². The van der Waals surface area contributed by atoms with Gasteiger partial charge in [-0.05, 0) is 37.3 Å². The number of carbonyl (C=O) groups is 2. The first-order valence-corrected chi connectivity index (χ1v) is 9.14. The van der Waals surface area contributed by atoms with Gasteiger partial charge in [0.15, 0.2) is 5.13 Å². The second-order valence-electron chi connectivity index (χ2n) is 6.41. The van der Waals surface area contributed by atoms with E-state index in [1.165, 1.54) is 11.3 Å². The maximum atomic E-state index is 12.7. The molecule has 4 atom stereocenters. The fraction of sp³-hybridized carbons (Fsp3) is 0.389. The van der Waals surface area contributed by atoms with Gasteiger partial charge in [-0.2, -0.15) is 0 Å². The standard InChI is InChI=1S/C18H18N2O4S/c1-2-24-11-5-6-13-12(8-11)19-18(25-13)20-16(21)14-9-3-4-10(7-9)15(14)17(22)23/h3-6,8-10,14-15H,2,7H2,1H3,(H,22,23)(H,19,20,21)/t9-,10-,14+,15-/m0/s1. The molecule has 1 aromatic carbocycles. The number of carbonyl (C=O) groups excluding carboxylic acids is 1. The molecule has 1 fully saturated rings. The Morgan fingerprint density at radius 1 is 1.32 bits per heavy atom. The van der Waals surface area contributed by atoms with Crippen molar-refractivity contribution in [1.29, 1.82) is 0 Å². The van der Waals surface area contributed by atoms with E-state index >= 15 is 0 Å². The zero-order chi connectivity index (χ0) is 17.6. The summed E-state index contributed by atoms with van der Waals surface area (Å²) in [5.74, 6) is -1.63. The van der Waals surface area contributed by atoms with Crippen LogP contribution >= 0.6 is 11.3 Å². The predicted molar refractivity (Wildman–Crippen MR) is 94.8 cm³/mol. The number of amides is 1. The Kier molecular flexibility index (Phi) is 3.95. The summed E-state index contributed by atoms with van der Waals surface area (Å²) < 4.78 is 6.41. The quantitative estimate of drug-likeness (QED) is 0.802. The summed E-state index contributed by atoms with van der Waals surface area (Å²) in [5.41, 5.74) is 0.758. The van der Waals surface area contributed by atoms with Crippen LogP contribution in [0.5, 0.6) is 5.75 Å². The molecule has 1 saturated carbocycles. The third-order valence-corrected chi connectivity index (χ3v) is 5.90. The molecule has 1 heterocycles. The van der Waals surface area contributed by atoms with Gasteiger partial charge in [-0.25, -0.2) is 4.98 Å². The van der Waals surface area contributed by atoms with Gasteiger partial charge in [0.05, 0.1) is 28.7 Å². The highest BCUT2D eigenvalue weighted by atomic mass is 32.1. The number of benzene rings is 1. The number of allylic oxidation sites excluding steroid dienone is 2. The minimum atomic E-state index is -0.900. The van der Waals surface area contributed by atoms with Crippen LogP contribution in [0, 0.1) is 23.7 Å². The van der Waals surface area contributed by atoms with E-state index in [9.17, 15) is 14.7 Å². The van der Waals surface area contributed by atoms with Crippen LogP contribution in [0.4, 0.5) is 5.13 Å². The third-order valence-electron chi connectivity index (χ3n) is 4.95. The van der Waals surface area contributed by atoms with E-state index in [0.717, 1.165) is 22.4 Å². The summed E-state index contributed by atoms with van der Waals surface area (Å²) >= 11 is 1.38. The fourth-order valence-electron chi connectivity index (χ4n) is 3.92. The maximum Gasteiger partial charge on any atom is 0.307 e. The third kappa shape index (κ3) is 2.78. The monoisotopic (exact) mass is 358 g/mol. The van der Waals surface area contributed by atoms with Gasteiger partial charge in [0.2, 0.25) is 5.91 Å². The number of aliphatic carboxylic acids is 1. The van der Waals surface area contributed by atoms with Crippen LogP contribution in [-0.2, 0) is 9.59 Å². The van der Waals surface area contributed by atoms with E-state index in [2.05, 4.69) is 10.3 Å². The molecule has 0 radical (unpaired) electrons. The number of nitrogens with zero attached hydrogens (tertiary/aromatic N) is 1. The van der Waals surface area contributed by atoms with Crippen LogP contribution in [0.2, 0.25) is 0 Å². The summed E-state index contributed by atoms with van der Waals surface area (Å²) in [6, 6.07) is 5.62. The molecule has 4 rings (SSSR count). The van der Waals surface area contributed by atoms with Crippen molar-refractivity contribution >= 4 is 38.6 Å². The Bertz CT molecular complexity index is 875. The van der Waals surface area contributed by atoms with E-state index < -0.39 is 17.8 Å².